The van der Waals surface area contributed by atoms with Gasteiger partial charge in [-0.15, -0.1) is 5.10 Å². The fourth-order valence-corrected chi connectivity index (χ4v) is 1.45. The third-order valence-corrected chi connectivity index (χ3v) is 2.24. The van der Waals surface area contributed by atoms with Gasteiger partial charge in [0.25, 0.3) is 0 Å². The minimum absolute atomic E-state index is 0.283. The van der Waals surface area contributed by atoms with E-state index in [2.05, 4.69) is 5.10 Å². The van der Waals surface area contributed by atoms with E-state index in [9.17, 15) is 4.79 Å². The monoisotopic (exact) mass is 244 g/mol. The summed E-state index contributed by atoms with van der Waals surface area (Å²) >= 11 is 0. The Labute approximate surface area is 101 Å². The van der Waals surface area contributed by atoms with Crippen molar-refractivity contribution in [2.75, 3.05) is 26.2 Å². The number of nitrogens with zero attached hydrogens (tertiary/aromatic N) is 3. The number of piperazine rings is 1. The van der Waals surface area contributed by atoms with Crippen molar-refractivity contribution >= 4 is 12.4 Å². The molecule has 1 heterocycles. The summed E-state index contributed by atoms with van der Waals surface area (Å²) in [6, 6.07) is 0. The van der Waals surface area contributed by atoms with Crippen LogP contribution in [0.5, 0.6) is 0 Å². The van der Waals surface area contributed by atoms with Gasteiger partial charge in [-0.3, -0.25) is 5.21 Å². The second-order valence-electron chi connectivity index (χ2n) is 4.85. The smallest absolute Gasteiger partial charge is 0.410 e. The van der Waals surface area contributed by atoms with Crippen molar-refractivity contribution in [3.05, 3.63) is 0 Å². The van der Waals surface area contributed by atoms with Crippen LogP contribution in [0.4, 0.5) is 4.79 Å². The number of hydrogen-bond acceptors (Lipinski definition) is 5. The first-order valence-corrected chi connectivity index (χ1v) is 5.56. The van der Waals surface area contributed by atoms with Crippen LogP contribution in [0.25, 0.3) is 0 Å². The predicted octanol–water partition coefficient (Wildman–Crippen LogP) is 0.461. The minimum atomic E-state index is -0.462. The Morgan fingerprint density at radius 1 is 1.35 bits per heavy atom. The lowest BCUT2D eigenvalue weighted by Gasteiger charge is -2.34. The molecular formula is C10H20N4O3. The van der Waals surface area contributed by atoms with Crippen LogP contribution >= 0.6 is 0 Å². The molecule has 0 aromatic rings. The van der Waals surface area contributed by atoms with Crippen LogP contribution in [-0.4, -0.2) is 59.2 Å². The van der Waals surface area contributed by atoms with Gasteiger partial charge >= 0.3 is 6.09 Å². The summed E-state index contributed by atoms with van der Waals surface area (Å²) in [7, 11) is 0. The second-order valence-corrected chi connectivity index (χ2v) is 4.85. The molecule has 0 radical (unpaired) electrons. The zero-order valence-electron chi connectivity index (χ0n) is 10.5. The number of carbonyl (C=O) groups excluding carboxylic acids is 1. The van der Waals surface area contributed by atoms with Crippen molar-refractivity contribution < 1.29 is 14.7 Å². The van der Waals surface area contributed by atoms with Crippen molar-refractivity contribution in [3.8, 4) is 0 Å². The number of amides is 1. The van der Waals surface area contributed by atoms with E-state index < -0.39 is 5.60 Å². The van der Waals surface area contributed by atoms with Gasteiger partial charge in [-0.2, -0.15) is 5.59 Å². The summed E-state index contributed by atoms with van der Waals surface area (Å²) in [6.45, 7) is 8.07. The number of hydrogen-bond donors (Lipinski definition) is 2. The lowest BCUT2D eigenvalue weighted by Crippen LogP contribution is -2.49. The van der Waals surface area contributed by atoms with Gasteiger partial charge in [0.2, 0.25) is 0 Å². The highest BCUT2D eigenvalue weighted by Gasteiger charge is 2.24. The molecule has 0 aliphatic carbocycles. The van der Waals surface area contributed by atoms with Gasteiger partial charge in [-0.1, -0.05) is 0 Å². The number of ether oxygens (including phenoxy) is 1. The van der Waals surface area contributed by atoms with Gasteiger partial charge in [0, 0.05) is 26.2 Å². The first-order chi connectivity index (χ1) is 7.92. The summed E-state index contributed by atoms with van der Waals surface area (Å²) in [6.07, 6.45) is 1.22. The Balaban J connectivity index is 2.36. The van der Waals surface area contributed by atoms with Crippen LogP contribution in [0.15, 0.2) is 5.10 Å². The van der Waals surface area contributed by atoms with E-state index >= 15 is 0 Å². The van der Waals surface area contributed by atoms with Crippen LogP contribution in [-0.2, 0) is 4.74 Å². The molecule has 0 atom stereocenters. The van der Waals surface area contributed by atoms with Crippen LogP contribution < -0.4 is 5.59 Å². The van der Waals surface area contributed by atoms with E-state index in [1.165, 1.54) is 6.34 Å². The fourth-order valence-electron chi connectivity index (χ4n) is 1.45. The fraction of sp³-hybridized carbons (Fsp3) is 0.800. The standard InChI is InChI=1S/C10H20N4O3/c1-10(2,3)17-9(15)14-6-4-13(5-7-14)8-11-12-16/h8,12,16H,4-7H2,1-3H3/b11-8+. The molecule has 1 aliphatic rings. The first-order valence-electron chi connectivity index (χ1n) is 5.56. The molecule has 0 saturated carbocycles. The van der Waals surface area contributed by atoms with Crippen molar-refractivity contribution in [3.63, 3.8) is 0 Å². The lowest BCUT2D eigenvalue weighted by molar-refractivity contribution is 0.0188. The molecule has 98 valence electrons. The molecule has 1 aliphatic heterocycles. The maximum atomic E-state index is 11.7. The molecule has 7 heteroatoms. The highest BCUT2D eigenvalue weighted by atomic mass is 16.6. The molecule has 2 N–H and O–H groups in total. The lowest BCUT2D eigenvalue weighted by atomic mass is 10.2. The van der Waals surface area contributed by atoms with Crippen LogP contribution in [0.3, 0.4) is 0 Å². The molecule has 0 bridgehead atoms. The van der Waals surface area contributed by atoms with Gasteiger partial charge in [-0.25, -0.2) is 4.79 Å². The van der Waals surface area contributed by atoms with Crippen LogP contribution in [0, 0.1) is 0 Å². The molecular weight excluding hydrogens is 224 g/mol. The Kier molecular flexibility index (Phi) is 4.56. The number of carbonyl (C=O) groups is 1. The van der Waals surface area contributed by atoms with E-state index in [0.29, 0.717) is 26.2 Å². The Hall–Kier alpha value is -1.50. The van der Waals surface area contributed by atoms with Crippen molar-refractivity contribution in [1.82, 2.24) is 15.4 Å². The van der Waals surface area contributed by atoms with Crippen LogP contribution in [0.2, 0.25) is 0 Å². The van der Waals surface area contributed by atoms with E-state index in [4.69, 9.17) is 9.94 Å². The van der Waals surface area contributed by atoms with Gasteiger partial charge in [0.05, 0.1) is 0 Å². The number of nitrogens with one attached hydrogen (secondary N) is 1. The van der Waals surface area contributed by atoms with E-state index in [0.717, 1.165) is 0 Å². The Morgan fingerprint density at radius 3 is 2.41 bits per heavy atom. The summed E-state index contributed by atoms with van der Waals surface area (Å²) in [4.78, 5) is 15.3. The van der Waals surface area contributed by atoms with Crippen molar-refractivity contribution in [1.29, 1.82) is 0 Å². The maximum Gasteiger partial charge on any atom is 0.410 e. The average Bonchev–Trinajstić information content (AvgIpc) is 2.24. The summed E-state index contributed by atoms with van der Waals surface area (Å²) in [5, 5.41) is 11.8. The highest BCUT2D eigenvalue weighted by molar-refractivity contribution is 5.68. The highest BCUT2D eigenvalue weighted by Crippen LogP contribution is 2.11. The normalized spacial score (nSPS) is 17.4. The third-order valence-electron chi connectivity index (χ3n) is 2.24. The average molecular weight is 244 g/mol. The number of rotatable bonds is 2. The molecule has 1 fully saturated rings. The quantitative estimate of drug-likeness (QED) is 0.419. The zero-order valence-corrected chi connectivity index (χ0v) is 10.5. The third kappa shape index (κ3) is 4.90. The maximum absolute atomic E-state index is 11.7. The molecule has 1 saturated heterocycles. The molecule has 7 nitrogen and oxygen atoms in total. The molecule has 17 heavy (non-hydrogen) atoms. The molecule has 0 aromatic heterocycles. The molecule has 0 unspecified atom stereocenters. The second kappa shape index (κ2) is 5.72. The Bertz CT molecular complexity index is 280. The van der Waals surface area contributed by atoms with E-state index in [-0.39, 0.29) is 6.09 Å². The van der Waals surface area contributed by atoms with Crippen molar-refractivity contribution in [2.45, 2.75) is 26.4 Å². The SMILES string of the molecule is CC(C)(C)OC(=O)N1CCN(/C=N/NO)CC1. The summed E-state index contributed by atoms with van der Waals surface area (Å²) < 4.78 is 5.28. The van der Waals surface area contributed by atoms with Crippen LogP contribution in [0.1, 0.15) is 20.8 Å². The zero-order chi connectivity index (χ0) is 12.9. The van der Waals surface area contributed by atoms with E-state index in [1.54, 1.807) is 10.5 Å². The Morgan fingerprint density at radius 2 is 1.94 bits per heavy atom. The van der Waals surface area contributed by atoms with Gasteiger partial charge in [0.1, 0.15) is 11.9 Å². The summed E-state index contributed by atoms with van der Waals surface area (Å²) in [5.41, 5.74) is 1.24. The molecule has 0 aromatic carbocycles. The topological polar surface area (TPSA) is 77.4 Å². The molecule has 1 amide bonds. The number of hydrazone groups is 1. The van der Waals surface area contributed by atoms with Crippen molar-refractivity contribution in [2.24, 2.45) is 5.10 Å². The molecule has 1 rings (SSSR count). The van der Waals surface area contributed by atoms with E-state index in [1.807, 2.05) is 25.7 Å². The minimum Gasteiger partial charge on any atom is -0.444 e. The van der Waals surface area contributed by atoms with Gasteiger partial charge in [-0.05, 0) is 20.8 Å². The van der Waals surface area contributed by atoms with Gasteiger partial charge in [0.15, 0.2) is 0 Å². The van der Waals surface area contributed by atoms with Gasteiger partial charge < -0.3 is 14.5 Å². The first kappa shape index (κ1) is 13.6. The summed E-state index contributed by atoms with van der Waals surface area (Å²) in [5.74, 6) is 0. The molecule has 0 spiro atoms. The predicted molar refractivity (Wildman–Crippen MR) is 62.8 cm³/mol. The largest absolute Gasteiger partial charge is 0.444 e.